The number of benzene rings is 1. The van der Waals surface area contributed by atoms with Gasteiger partial charge in [-0.3, -0.25) is 9.52 Å². The molecule has 36 heavy (non-hydrogen) atoms. The van der Waals surface area contributed by atoms with Crippen molar-refractivity contribution in [2.45, 2.75) is 43.8 Å². The number of hydrogen-bond donors (Lipinski definition) is 1. The Hall–Kier alpha value is -2.89. The van der Waals surface area contributed by atoms with Crippen LogP contribution in [0, 0.1) is 0 Å². The fourth-order valence-corrected chi connectivity index (χ4v) is 7.76. The zero-order valence-corrected chi connectivity index (χ0v) is 21.1. The van der Waals surface area contributed by atoms with Crippen LogP contribution in [0.3, 0.4) is 0 Å². The van der Waals surface area contributed by atoms with Crippen molar-refractivity contribution >= 4 is 27.6 Å². The second-order valence-electron chi connectivity index (χ2n) is 9.75. The maximum atomic E-state index is 13.8. The molecule has 2 bridgehead atoms. The van der Waals surface area contributed by atoms with Crippen LogP contribution in [0.2, 0.25) is 0 Å². The first kappa shape index (κ1) is 23.5. The number of pyridine rings is 1. The first-order valence-corrected chi connectivity index (χ1v) is 14.0. The number of piperidine rings is 1. The van der Waals surface area contributed by atoms with E-state index in [9.17, 15) is 13.2 Å². The number of methoxy groups -OCH3 is 1. The number of hydrogen-bond acceptors (Lipinski definition) is 7. The predicted octanol–water partition coefficient (Wildman–Crippen LogP) is 1.95. The lowest BCUT2D eigenvalue weighted by Crippen LogP contribution is -2.67. The van der Waals surface area contributed by atoms with Gasteiger partial charge in [0, 0.05) is 19.6 Å². The lowest BCUT2D eigenvalue weighted by Gasteiger charge is -2.54. The average Bonchev–Trinajstić information content (AvgIpc) is 2.91. The Morgan fingerprint density at radius 3 is 2.69 bits per heavy atom. The van der Waals surface area contributed by atoms with Crippen molar-refractivity contribution in [1.82, 2.24) is 14.2 Å². The summed E-state index contributed by atoms with van der Waals surface area (Å²) in [6.07, 6.45) is 4.33. The molecule has 5 heterocycles. The molecule has 3 atom stereocenters. The number of carbonyl (C=O) groups excluding carboxylic acids is 1. The first-order chi connectivity index (χ1) is 17.5. The first-order valence-electron chi connectivity index (χ1n) is 12.5. The number of anilines is 2. The van der Waals surface area contributed by atoms with E-state index in [-0.39, 0.29) is 18.0 Å². The molecule has 11 heteroatoms. The molecule has 3 fully saturated rings. The SMILES string of the molecule is COc1ccc2c(c1)CCN1C(=O)C3CCCC(C21)N3S(=O)(=O)Nc1ccc(N2CCOCC2)nc1. The third-order valence-corrected chi connectivity index (χ3v) is 9.35. The number of rotatable bonds is 5. The monoisotopic (exact) mass is 513 g/mol. The van der Waals surface area contributed by atoms with E-state index in [0.29, 0.717) is 38.3 Å². The van der Waals surface area contributed by atoms with E-state index in [4.69, 9.17) is 9.47 Å². The molecule has 4 aliphatic rings. The summed E-state index contributed by atoms with van der Waals surface area (Å²) in [5, 5.41) is 0. The van der Waals surface area contributed by atoms with Crippen LogP contribution in [0.15, 0.2) is 36.5 Å². The van der Waals surface area contributed by atoms with Crippen molar-refractivity contribution in [1.29, 1.82) is 0 Å². The summed E-state index contributed by atoms with van der Waals surface area (Å²) >= 11 is 0. The molecule has 0 radical (unpaired) electrons. The van der Waals surface area contributed by atoms with E-state index in [1.54, 1.807) is 19.4 Å². The Labute approximate surface area is 211 Å². The van der Waals surface area contributed by atoms with Gasteiger partial charge in [-0.05, 0) is 61.1 Å². The van der Waals surface area contributed by atoms with Crippen LogP contribution in [0.5, 0.6) is 5.75 Å². The number of morpholine rings is 1. The third kappa shape index (κ3) is 3.99. The van der Waals surface area contributed by atoms with Crippen molar-refractivity contribution in [3.63, 3.8) is 0 Å². The molecule has 1 aromatic heterocycles. The molecule has 1 aromatic carbocycles. The van der Waals surface area contributed by atoms with Gasteiger partial charge in [0.25, 0.3) is 0 Å². The minimum atomic E-state index is -3.99. The molecule has 2 aromatic rings. The Balaban J connectivity index is 1.29. The van der Waals surface area contributed by atoms with Gasteiger partial charge < -0.3 is 19.3 Å². The second-order valence-corrected chi connectivity index (χ2v) is 11.3. The molecule has 192 valence electrons. The molecular weight excluding hydrogens is 482 g/mol. The number of ether oxygens (including phenoxy) is 2. The zero-order valence-electron chi connectivity index (χ0n) is 20.3. The topological polar surface area (TPSA) is 104 Å². The number of nitrogens with zero attached hydrogens (tertiary/aromatic N) is 4. The van der Waals surface area contributed by atoms with Gasteiger partial charge in [0.05, 0.1) is 44.3 Å². The molecule has 4 aliphatic heterocycles. The molecule has 3 saturated heterocycles. The van der Waals surface area contributed by atoms with Crippen molar-refractivity contribution < 1.29 is 22.7 Å². The molecule has 0 spiro atoms. The van der Waals surface area contributed by atoms with Gasteiger partial charge >= 0.3 is 10.2 Å². The number of aromatic nitrogens is 1. The van der Waals surface area contributed by atoms with Crippen LogP contribution in [-0.2, 0) is 26.2 Å². The Morgan fingerprint density at radius 2 is 1.94 bits per heavy atom. The summed E-state index contributed by atoms with van der Waals surface area (Å²) in [4.78, 5) is 22.0. The van der Waals surface area contributed by atoms with Crippen molar-refractivity contribution in [3.8, 4) is 5.75 Å². The van der Waals surface area contributed by atoms with Crippen LogP contribution >= 0.6 is 0 Å². The highest BCUT2D eigenvalue weighted by atomic mass is 32.2. The maximum Gasteiger partial charge on any atom is 0.302 e. The fourth-order valence-electron chi connectivity index (χ4n) is 6.12. The summed E-state index contributed by atoms with van der Waals surface area (Å²) in [5.41, 5.74) is 2.51. The van der Waals surface area contributed by atoms with Gasteiger partial charge in [-0.15, -0.1) is 0 Å². The van der Waals surface area contributed by atoms with Gasteiger partial charge in [0.1, 0.15) is 17.6 Å². The van der Waals surface area contributed by atoms with Gasteiger partial charge in [-0.25, -0.2) is 4.98 Å². The summed E-state index contributed by atoms with van der Waals surface area (Å²) < 4.78 is 42.4. The Bertz CT molecular complexity index is 1250. The Kier molecular flexibility index (Phi) is 6.01. The van der Waals surface area contributed by atoms with Crippen LogP contribution in [-0.4, -0.2) is 80.6 Å². The van der Waals surface area contributed by atoms with Crippen LogP contribution < -0.4 is 14.4 Å². The van der Waals surface area contributed by atoms with Gasteiger partial charge in [0.2, 0.25) is 5.91 Å². The highest BCUT2D eigenvalue weighted by Crippen LogP contribution is 2.46. The van der Waals surface area contributed by atoms with E-state index >= 15 is 0 Å². The quantitative estimate of drug-likeness (QED) is 0.652. The smallest absolute Gasteiger partial charge is 0.302 e. The number of fused-ring (bicyclic) bond motifs is 6. The number of piperazine rings is 1. The van der Waals surface area contributed by atoms with E-state index in [2.05, 4.69) is 14.6 Å². The predicted molar refractivity (Wildman–Crippen MR) is 134 cm³/mol. The molecular formula is C25H31N5O5S. The van der Waals surface area contributed by atoms with Crippen molar-refractivity contribution in [2.24, 2.45) is 0 Å². The van der Waals surface area contributed by atoms with Gasteiger partial charge in [0.15, 0.2) is 0 Å². The number of amides is 1. The van der Waals surface area contributed by atoms with Crippen LogP contribution in [0.1, 0.15) is 36.4 Å². The highest BCUT2D eigenvalue weighted by molar-refractivity contribution is 7.90. The average molecular weight is 514 g/mol. The molecule has 1 N–H and O–H groups in total. The minimum Gasteiger partial charge on any atom is -0.497 e. The van der Waals surface area contributed by atoms with Crippen LogP contribution in [0.25, 0.3) is 0 Å². The van der Waals surface area contributed by atoms with E-state index in [1.165, 1.54) is 4.31 Å². The Morgan fingerprint density at radius 1 is 1.11 bits per heavy atom. The summed E-state index contributed by atoms with van der Waals surface area (Å²) in [7, 11) is -2.36. The fraction of sp³-hybridized carbons (Fsp3) is 0.520. The highest BCUT2D eigenvalue weighted by Gasteiger charge is 2.54. The van der Waals surface area contributed by atoms with Gasteiger partial charge in [-0.1, -0.05) is 6.07 Å². The molecule has 3 unspecified atom stereocenters. The molecule has 1 amide bonds. The molecule has 10 nitrogen and oxygen atoms in total. The molecule has 0 aliphatic carbocycles. The van der Waals surface area contributed by atoms with Crippen LogP contribution in [0.4, 0.5) is 11.5 Å². The van der Waals surface area contributed by atoms with E-state index in [0.717, 1.165) is 48.6 Å². The van der Waals surface area contributed by atoms with E-state index in [1.807, 2.05) is 29.2 Å². The van der Waals surface area contributed by atoms with Crippen molar-refractivity contribution in [2.75, 3.05) is 49.6 Å². The minimum absolute atomic E-state index is 0.108. The lowest BCUT2D eigenvalue weighted by atomic mass is 9.80. The summed E-state index contributed by atoms with van der Waals surface area (Å²) in [5.74, 6) is 1.45. The van der Waals surface area contributed by atoms with Crippen molar-refractivity contribution in [3.05, 3.63) is 47.7 Å². The maximum absolute atomic E-state index is 13.8. The number of carbonyl (C=O) groups is 1. The molecule has 6 rings (SSSR count). The van der Waals surface area contributed by atoms with E-state index < -0.39 is 16.3 Å². The van der Waals surface area contributed by atoms with Gasteiger partial charge in [-0.2, -0.15) is 12.7 Å². The second kappa shape index (κ2) is 9.20. The number of nitrogens with one attached hydrogen (secondary N) is 1. The third-order valence-electron chi connectivity index (χ3n) is 7.78. The molecule has 0 saturated carbocycles. The summed E-state index contributed by atoms with van der Waals surface area (Å²) in [6.45, 7) is 3.39. The standard InChI is InChI=1S/C25H31N5O5S/c1-34-19-6-7-20-17(15-19)9-10-29-24(20)21-3-2-4-22(25(29)31)30(21)36(32,33)27-18-5-8-23(26-16-18)28-11-13-35-14-12-28/h5-8,15-16,21-22,24,27H,2-4,9-14H2,1H3. The zero-order chi connectivity index (χ0) is 24.9. The largest absolute Gasteiger partial charge is 0.497 e. The normalized spacial score (nSPS) is 26.2. The lowest BCUT2D eigenvalue weighted by molar-refractivity contribution is -0.150. The summed E-state index contributed by atoms with van der Waals surface area (Å²) in [6, 6.07) is 8.11.